The van der Waals surface area contributed by atoms with Gasteiger partial charge < -0.3 is 5.73 Å². The van der Waals surface area contributed by atoms with Gasteiger partial charge in [-0.15, -0.1) is 0 Å². The number of unbranched alkanes of at least 4 members (excludes halogenated alkanes) is 1. The van der Waals surface area contributed by atoms with E-state index in [0.29, 0.717) is 0 Å². The smallest absolute Gasteiger partial charge is 0.146 e. The van der Waals surface area contributed by atoms with Gasteiger partial charge in [-0.1, -0.05) is 30.3 Å². The summed E-state index contributed by atoms with van der Waals surface area (Å²) < 4.78 is 0. The molecule has 2 aromatic heterocycles. The Kier molecular flexibility index (Phi) is 5.61. The molecule has 27 heavy (non-hydrogen) atoms. The van der Waals surface area contributed by atoms with Crippen molar-refractivity contribution >= 4 is 16.6 Å². The maximum atomic E-state index is 5.74. The number of pyridine rings is 2. The molecule has 1 aromatic carbocycles. The molecule has 0 saturated heterocycles. The Hall–Kier alpha value is -2.50. The predicted molar refractivity (Wildman–Crippen MR) is 110 cm³/mol. The quantitative estimate of drug-likeness (QED) is 0.652. The summed E-state index contributed by atoms with van der Waals surface area (Å²) >= 11 is 0. The normalized spacial score (nSPS) is 13.9. The third-order valence-electron chi connectivity index (χ3n) is 5.23. The van der Waals surface area contributed by atoms with Crippen molar-refractivity contribution in [1.29, 1.82) is 0 Å². The number of hydrazine groups is 1. The average Bonchev–Trinajstić information content (AvgIpc) is 2.73. The molecule has 3 aromatic rings. The van der Waals surface area contributed by atoms with Gasteiger partial charge in [-0.3, -0.25) is 9.99 Å². The number of anilines is 1. The zero-order valence-corrected chi connectivity index (χ0v) is 15.7. The Bertz CT molecular complexity index is 889. The number of rotatable bonds is 7. The number of nitrogens with zero attached hydrogens (tertiary/aromatic N) is 4. The van der Waals surface area contributed by atoms with Crippen LogP contribution in [-0.4, -0.2) is 34.6 Å². The fourth-order valence-corrected chi connectivity index (χ4v) is 3.86. The van der Waals surface area contributed by atoms with E-state index in [1.807, 2.05) is 18.5 Å². The van der Waals surface area contributed by atoms with Gasteiger partial charge in [0.25, 0.3) is 0 Å². The molecule has 0 fully saturated rings. The molecule has 0 radical (unpaired) electrons. The zero-order chi connectivity index (χ0) is 18.5. The van der Waals surface area contributed by atoms with E-state index in [-0.39, 0.29) is 0 Å². The van der Waals surface area contributed by atoms with Crippen LogP contribution in [0.1, 0.15) is 30.5 Å². The SMILES string of the molecule is NCCCCN(Cc1nccc2ccccc12)N1CCCc2cccnc21. The topological polar surface area (TPSA) is 58.3 Å². The van der Waals surface area contributed by atoms with E-state index in [9.17, 15) is 0 Å². The standard InChI is InChI=1S/C22H27N5/c23-12-3-4-15-26(27-16-6-9-19-8-5-13-25-22(19)27)17-21-20-10-2-1-7-18(20)11-14-24-21/h1-2,5,7-8,10-11,13-14H,3-4,6,9,12,15-17,23H2. The second-order valence-electron chi connectivity index (χ2n) is 7.08. The maximum absolute atomic E-state index is 5.74. The summed E-state index contributed by atoms with van der Waals surface area (Å²) in [5.74, 6) is 1.09. The third kappa shape index (κ3) is 3.94. The second kappa shape index (κ2) is 8.46. The number of aryl methyl sites for hydroxylation is 1. The van der Waals surface area contributed by atoms with Gasteiger partial charge in [0, 0.05) is 30.9 Å². The highest BCUT2D eigenvalue weighted by Gasteiger charge is 2.24. The largest absolute Gasteiger partial charge is 0.330 e. The van der Waals surface area contributed by atoms with Crippen molar-refractivity contribution in [2.24, 2.45) is 5.73 Å². The second-order valence-corrected chi connectivity index (χ2v) is 7.08. The minimum Gasteiger partial charge on any atom is -0.330 e. The number of benzene rings is 1. The number of hydrogen-bond acceptors (Lipinski definition) is 5. The summed E-state index contributed by atoms with van der Waals surface area (Å²) in [6, 6.07) is 14.8. The fourth-order valence-electron chi connectivity index (χ4n) is 3.86. The van der Waals surface area contributed by atoms with E-state index in [1.165, 1.54) is 16.3 Å². The van der Waals surface area contributed by atoms with Crippen LogP contribution < -0.4 is 10.7 Å². The van der Waals surface area contributed by atoms with Gasteiger partial charge in [-0.25, -0.2) is 9.99 Å². The van der Waals surface area contributed by atoms with E-state index < -0.39 is 0 Å². The number of hydrogen-bond donors (Lipinski definition) is 1. The fraction of sp³-hybridized carbons (Fsp3) is 0.364. The number of nitrogens with two attached hydrogens (primary N) is 1. The highest BCUT2D eigenvalue weighted by molar-refractivity contribution is 5.84. The van der Waals surface area contributed by atoms with Gasteiger partial charge in [-0.2, -0.15) is 0 Å². The molecule has 0 atom stereocenters. The summed E-state index contributed by atoms with van der Waals surface area (Å²) in [6.45, 7) is 3.46. The third-order valence-corrected chi connectivity index (χ3v) is 5.23. The minimum absolute atomic E-state index is 0.731. The zero-order valence-electron chi connectivity index (χ0n) is 15.7. The van der Waals surface area contributed by atoms with Crippen molar-refractivity contribution in [2.45, 2.75) is 32.2 Å². The van der Waals surface area contributed by atoms with Crippen LogP contribution in [0.2, 0.25) is 0 Å². The van der Waals surface area contributed by atoms with E-state index in [0.717, 1.165) is 63.4 Å². The average molecular weight is 361 g/mol. The molecule has 0 unspecified atom stereocenters. The van der Waals surface area contributed by atoms with E-state index in [4.69, 9.17) is 15.7 Å². The van der Waals surface area contributed by atoms with Crippen molar-refractivity contribution in [3.63, 3.8) is 0 Å². The van der Waals surface area contributed by atoms with Crippen LogP contribution in [0.3, 0.4) is 0 Å². The van der Waals surface area contributed by atoms with Gasteiger partial charge >= 0.3 is 0 Å². The molecule has 1 aliphatic rings. The highest BCUT2D eigenvalue weighted by Crippen LogP contribution is 2.27. The number of fused-ring (bicyclic) bond motifs is 2. The van der Waals surface area contributed by atoms with E-state index in [1.54, 1.807) is 0 Å². The molecule has 5 nitrogen and oxygen atoms in total. The van der Waals surface area contributed by atoms with Gasteiger partial charge in [0.05, 0.1) is 12.2 Å². The molecule has 140 valence electrons. The van der Waals surface area contributed by atoms with Gasteiger partial charge in [-0.05, 0) is 55.3 Å². The maximum Gasteiger partial charge on any atom is 0.146 e. The van der Waals surface area contributed by atoms with E-state index in [2.05, 4.69) is 46.4 Å². The van der Waals surface area contributed by atoms with Gasteiger partial charge in [0.1, 0.15) is 5.82 Å². The summed E-state index contributed by atoms with van der Waals surface area (Å²) in [5.41, 5.74) is 8.19. The van der Waals surface area contributed by atoms with Gasteiger partial charge in [0.2, 0.25) is 0 Å². The lowest BCUT2D eigenvalue weighted by molar-refractivity contribution is 0.226. The lowest BCUT2D eigenvalue weighted by Gasteiger charge is -2.39. The Labute approximate surface area is 160 Å². The van der Waals surface area contributed by atoms with Gasteiger partial charge in [0.15, 0.2) is 0 Å². The number of aromatic nitrogens is 2. The van der Waals surface area contributed by atoms with Crippen LogP contribution >= 0.6 is 0 Å². The molecular formula is C22H27N5. The summed E-state index contributed by atoms with van der Waals surface area (Å²) in [4.78, 5) is 9.41. The first-order chi connectivity index (χ1) is 13.4. The molecule has 0 saturated carbocycles. The first-order valence-corrected chi connectivity index (χ1v) is 9.86. The van der Waals surface area contributed by atoms with Crippen LogP contribution in [0.4, 0.5) is 5.82 Å². The molecule has 4 rings (SSSR count). The Morgan fingerprint density at radius 1 is 1.00 bits per heavy atom. The molecule has 3 heterocycles. The first-order valence-electron chi connectivity index (χ1n) is 9.86. The summed E-state index contributed by atoms with van der Waals surface area (Å²) in [6.07, 6.45) is 8.16. The van der Waals surface area contributed by atoms with Crippen LogP contribution in [0.25, 0.3) is 10.8 Å². The summed E-state index contributed by atoms with van der Waals surface area (Å²) in [5, 5.41) is 7.23. The van der Waals surface area contributed by atoms with Crippen molar-refractivity contribution in [1.82, 2.24) is 15.0 Å². The molecule has 2 N–H and O–H groups in total. The van der Waals surface area contributed by atoms with Crippen molar-refractivity contribution in [3.05, 3.63) is 66.1 Å². The monoisotopic (exact) mass is 361 g/mol. The molecule has 0 aliphatic carbocycles. The van der Waals surface area contributed by atoms with Crippen molar-refractivity contribution < 1.29 is 0 Å². The van der Waals surface area contributed by atoms with Crippen molar-refractivity contribution in [3.8, 4) is 0 Å². The molecule has 0 amide bonds. The highest BCUT2D eigenvalue weighted by atomic mass is 15.6. The molecule has 5 heteroatoms. The molecule has 0 bridgehead atoms. The van der Waals surface area contributed by atoms with Crippen LogP contribution in [0, 0.1) is 0 Å². The van der Waals surface area contributed by atoms with Crippen molar-refractivity contribution in [2.75, 3.05) is 24.6 Å². The Morgan fingerprint density at radius 3 is 2.85 bits per heavy atom. The molecule has 0 spiro atoms. The van der Waals surface area contributed by atoms with E-state index >= 15 is 0 Å². The first kappa shape index (κ1) is 17.9. The Balaban J connectivity index is 1.65. The lowest BCUT2D eigenvalue weighted by atomic mass is 10.1. The van der Waals surface area contributed by atoms with Crippen LogP contribution in [-0.2, 0) is 13.0 Å². The minimum atomic E-state index is 0.731. The predicted octanol–water partition coefficient (Wildman–Crippen LogP) is 3.54. The van der Waals surface area contributed by atoms with Crippen LogP contribution in [0.15, 0.2) is 54.9 Å². The molecule has 1 aliphatic heterocycles. The summed E-state index contributed by atoms with van der Waals surface area (Å²) in [7, 11) is 0. The molecular weight excluding hydrogens is 334 g/mol. The lowest BCUT2D eigenvalue weighted by Crippen LogP contribution is -2.46. The Morgan fingerprint density at radius 2 is 1.93 bits per heavy atom. The van der Waals surface area contributed by atoms with Crippen LogP contribution in [0.5, 0.6) is 0 Å².